The number of anilines is 1. The molecule has 0 saturated heterocycles. The predicted octanol–water partition coefficient (Wildman–Crippen LogP) is 4.01. The molecule has 0 radical (unpaired) electrons. The SMILES string of the molecule is O=C(NCCCOCCc1ccccc1)c1ccc(S(=O)(=O)Nc2ccc(F)cc2)cc1. The summed E-state index contributed by atoms with van der Waals surface area (Å²) in [6, 6.07) is 20.7. The third kappa shape index (κ3) is 7.18. The fourth-order valence-electron chi connectivity index (χ4n) is 2.93. The van der Waals surface area contributed by atoms with Crippen LogP contribution in [-0.4, -0.2) is 34.1 Å². The van der Waals surface area contributed by atoms with E-state index in [1.807, 2.05) is 18.2 Å². The zero-order valence-corrected chi connectivity index (χ0v) is 18.3. The molecular formula is C24H25FN2O4S. The van der Waals surface area contributed by atoms with Crippen LogP contribution in [0.5, 0.6) is 0 Å². The second kappa shape index (κ2) is 11.4. The number of hydrogen-bond acceptors (Lipinski definition) is 4. The molecule has 0 bridgehead atoms. The largest absolute Gasteiger partial charge is 0.381 e. The number of ether oxygens (including phenoxy) is 1. The number of carbonyl (C=O) groups is 1. The number of benzene rings is 3. The van der Waals surface area contributed by atoms with E-state index in [0.717, 1.165) is 6.42 Å². The van der Waals surface area contributed by atoms with Gasteiger partial charge in [0.2, 0.25) is 0 Å². The van der Waals surface area contributed by atoms with Gasteiger partial charge in [-0.2, -0.15) is 0 Å². The fraction of sp³-hybridized carbons (Fsp3) is 0.208. The molecule has 0 unspecified atom stereocenters. The van der Waals surface area contributed by atoms with Crippen LogP contribution in [0.25, 0.3) is 0 Å². The zero-order valence-electron chi connectivity index (χ0n) is 17.5. The summed E-state index contributed by atoms with van der Waals surface area (Å²) in [4.78, 5) is 12.3. The molecule has 3 aromatic carbocycles. The topological polar surface area (TPSA) is 84.5 Å². The van der Waals surface area contributed by atoms with Gasteiger partial charge in [-0.05, 0) is 66.9 Å². The van der Waals surface area contributed by atoms with Crippen molar-refractivity contribution in [3.05, 3.63) is 95.8 Å². The minimum atomic E-state index is -3.84. The van der Waals surface area contributed by atoms with E-state index in [2.05, 4.69) is 22.2 Å². The van der Waals surface area contributed by atoms with Crippen LogP contribution >= 0.6 is 0 Å². The highest BCUT2D eigenvalue weighted by molar-refractivity contribution is 7.92. The summed E-state index contributed by atoms with van der Waals surface area (Å²) < 4.78 is 45.8. The zero-order chi connectivity index (χ0) is 22.8. The van der Waals surface area contributed by atoms with Gasteiger partial charge < -0.3 is 10.1 Å². The Hall–Kier alpha value is -3.23. The summed E-state index contributed by atoms with van der Waals surface area (Å²) in [5.74, 6) is -0.744. The van der Waals surface area contributed by atoms with Gasteiger partial charge in [-0.15, -0.1) is 0 Å². The molecule has 0 aliphatic rings. The van der Waals surface area contributed by atoms with Crippen LogP contribution in [0, 0.1) is 5.82 Å². The third-order valence-corrected chi connectivity index (χ3v) is 6.05. The van der Waals surface area contributed by atoms with Crippen molar-refractivity contribution >= 4 is 21.6 Å². The second-order valence-electron chi connectivity index (χ2n) is 7.09. The predicted molar refractivity (Wildman–Crippen MR) is 122 cm³/mol. The third-order valence-electron chi connectivity index (χ3n) is 4.65. The van der Waals surface area contributed by atoms with Crippen LogP contribution in [-0.2, 0) is 21.2 Å². The van der Waals surface area contributed by atoms with Crippen molar-refractivity contribution in [1.82, 2.24) is 5.32 Å². The lowest BCUT2D eigenvalue weighted by Crippen LogP contribution is -2.25. The van der Waals surface area contributed by atoms with Crippen LogP contribution in [0.3, 0.4) is 0 Å². The first-order chi connectivity index (χ1) is 15.4. The van der Waals surface area contributed by atoms with Gasteiger partial charge in [-0.3, -0.25) is 9.52 Å². The average Bonchev–Trinajstić information content (AvgIpc) is 2.80. The van der Waals surface area contributed by atoms with E-state index in [4.69, 9.17) is 4.74 Å². The number of carbonyl (C=O) groups excluding carboxylic acids is 1. The molecule has 0 spiro atoms. The number of halogens is 1. The van der Waals surface area contributed by atoms with E-state index in [1.165, 1.54) is 54.1 Å². The minimum absolute atomic E-state index is 0.00481. The molecule has 0 aliphatic carbocycles. The summed E-state index contributed by atoms with van der Waals surface area (Å²) in [7, 11) is -3.84. The summed E-state index contributed by atoms with van der Waals surface area (Å²) in [5.41, 5.74) is 1.83. The summed E-state index contributed by atoms with van der Waals surface area (Å²) in [6.45, 7) is 1.62. The second-order valence-corrected chi connectivity index (χ2v) is 8.78. The van der Waals surface area contributed by atoms with Crippen molar-refractivity contribution in [2.24, 2.45) is 0 Å². The molecule has 3 rings (SSSR count). The molecule has 168 valence electrons. The standard InChI is InChI=1S/C24H25FN2O4S/c25-21-9-11-22(12-10-21)27-32(29,30)23-13-7-20(8-14-23)24(28)26-16-4-17-31-18-15-19-5-2-1-3-6-19/h1-3,5-14,27H,4,15-18H2,(H,26,28). The monoisotopic (exact) mass is 456 g/mol. The Balaban J connectivity index is 1.40. The lowest BCUT2D eigenvalue weighted by atomic mass is 10.2. The van der Waals surface area contributed by atoms with Crippen LogP contribution in [0.1, 0.15) is 22.3 Å². The normalized spacial score (nSPS) is 11.2. The summed E-state index contributed by atoms with van der Waals surface area (Å²) >= 11 is 0. The van der Waals surface area contributed by atoms with Crippen molar-refractivity contribution in [2.75, 3.05) is 24.5 Å². The molecule has 3 aromatic rings. The molecule has 0 aliphatic heterocycles. The van der Waals surface area contributed by atoms with Crippen LogP contribution < -0.4 is 10.0 Å². The van der Waals surface area contributed by atoms with Crippen LogP contribution in [0.15, 0.2) is 83.8 Å². The average molecular weight is 457 g/mol. The Labute approximate surface area is 187 Å². The molecule has 1 amide bonds. The lowest BCUT2D eigenvalue weighted by molar-refractivity contribution is 0.0942. The van der Waals surface area contributed by atoms with Gasteiger partial charge in [-0.25, -0.2) is 12.8 Å². The van der Waals surface area contributed by atoms with Crippen LogP contribution in [0.2, 0.25) is 0 Å². The van der Waals surface area contributed by atoms with Crippen molar-refractivity contribution in [3.8, 4) is 0 Å². The number of amides is 1. The van der Waals surface area contributed by atoms with Crippen molar-refractivity contribution in [2.45, 2.75) is 17.7 Å². The first-order valence-electron chi connectivity index (χ1n) is 10.2. The van der Waals surface area contributed by atoms with E-state index in [-0.39, 0.29) is 16.5 Å². The van der Waals surface area contributed by atoms with Gasteiger partial charge in [0.25, 0.3) is 15.9 Å². The summed E-state index contributed by atoms with van der Waals surface area (Å²) in [5, 5.41) is 2.79. The Morgan fingerprint density at radius 2 is 1.56 bits per heavy atom. The van der Waals surface area contributed by atoms with E-state index in [0.29, 0.717) is 31.7 Å². The molecule has 8 heteroatoms. The Morgan fingerprint density at radius 1 is 0.875 bits per heavy atom. The van der Waals surface area contributed by atoms with E-state index in [1.54, 1.807) is 0 Å². The maximum atomic E-state index is 13.0. The number of sulfonamides is 1. The summed E-state index contributed by atoms with van der Waals surface area (Å²) in [6.07, 6.45) is 1.52. The van der Waals surface area contributed by atoms with Crippen molar-refractivity contribution in [1.29, 1.82) is 0 Å². The molecule has 2 N–H and O–H groups in total. The molecule has 0 atom stereocenters. The molecule has 0 saturated carbocycles. The molecule has 0 fully saturated rings. The fourth-order valence-corrected chi connectivity index (χ4v) is 3.99. The van der Waals surface area contributed by atoms with E-state index in [9.17, 15) is 17.6 Å². The number of hydrogen-bond donors (Lipinski definition) is 2. The van der Waals surface area contributed by atoms with Gasteiger partial charge in [0, 0.05) is 24.4 Å². The highest BCUT2D eigenvalue weighted by Crippen LogP contribution is 2.17. The van der Waals surface area contributed by atoms with Crippen LogP contribution in [0.4, 0.5) is 10.1 Å². The van der Waals surface area contributed by atoms with Gasteiger partial charge in [0.15, 0.2) is 0 Å². The Bertz CT molecular complexity index is 1100. The van der Waals surface area contributed by atoms with E-state index >= 15 is 0 Å². The van der Waals surface area contributed by atoms with Gasteiger partial charge >= 0.3 is 0 Å². The highest BCUT2D eigenvalue weighted by atomic mass is 32.2. The number of nitrogens with one attached hydrogen (secondary N) is 2. The lowest BCUT2D eigenvalue weighted by Gasteiger charge is -2.09. The highest BCUT2D eigenvalue weighted by Gasteiger charge is 2.15. The van der Waals surface area contributed by atoms with Gasteiger partial charge in [0.1, 0.15) is 5.82 Å². The van der Waals surface area contributed by atoms with Gasteiger partial charge in [-0.1, -0.05) is 30.3 Å². The molecule has 0 heterocycles. The maximum Gasteiger partial charge on any atom is 0.261 e. The van der Waals surface area contributed by atoms with Crippen molar-refractivity contribution < 1.29 is 22.3 Å². The smallest absolute Gasteiger partial charge is 0.261 e. The maximum absolute atomic E-state index is 13.0. The molecule has 32 heavy (non-hydrogen) atoms. The van der Waals surface area contributed by atoms with Crippen molar-refractivity contribution in [3.63, 3.8) is 0 Å². The first-order valence-corrected chi connectivity index (χ1v) is 11.7. The molecular weight excluding hydrogens is 431 g/mol. The number of rotatable bonds is 11. The minimum Gasteiger partial charge on any atom is -0.381 e. The Morgan fingerprint density at radius 3 is 2.25 bits per heavy atom. The van der Waals surface area contributed by atoms with Gasteiger partial charge in [0.05, 0.1) is 11.5 Å². The quantitative estimate of drug-likeness (QED) is 0.427. The molecule has 0 aromatic heterocycles. The molecule has 6 nitrogen and oxygen atoms in total. The van der Waals surface area contributed by atoms with E-state index < -0.39 is 15.8 Å². The Kier molecular flexibility index (Phi) is 8.35. The first kappa shape index (κ1) is 23.4.